The molecule has 0 saturated carbocycles. The number of rotatable bonds is 5. The second-order valence-corrected chi connectivity index (χ2v) is 8.91. The number of morpholine rings is 1. The molecule has 0 aliphatic carbocycles. The lowest BCUT2D eigenvalue weighted by Crippen LogP contribution is -2.49. The van der Waals surface area contributed by atoms with Crippen LogP contribution in [0.25, 0.3) is 0 Å². The van der Waals surface area contributed by atoms with Gasteiger partial charge in [-0.2, -0.15) is 9.29 Å². The second-order valence-electron chi connectivity index (χ2n) is 6.94. The number of hydrogen-bond acceptors (Lipinski definition) is 7. The molecule has 0 N–H and O–H groups in total. The van der Waals surface area contributed by atoms with Crippen molar-refractivity contribution in [3.63, 3.8) is 0 Å². The minimum atomic E-state index is -3.32. The Kier molecular flexibility index (Phi) is 5.74. The summed E-state index contributed by atoms with van der Waals surface area (Å²) in [7, 11) is -3.32. The molecule has 0 amide bonds. The predicted molar refractivity (Wildman–Crippen MR) is 108 cm³/mol. The van der Waals surface area contributed by atoms with Gasteiger partial charge in [0.1, 0.15) is 5.82 Å². The molecule has 2 saturated heterocycles. The van der Waals surface area contributed by atoms with Gasteiger partial charge >= 0.3 is 0 Å². The van der Waals surface area contributed by atoms with Crippen molar-refractivity contribution in [1.29, 1.82) is 0 Å². The molecule has 8 nitrogen and oxygen atoms in total. The number of aromatic nitrogens is 2. The number of hydrogen-bond donors (Lipinski definition) is 0. The highest BCUT2D eigenvalue weighted by atomic mass is 32.2. The number of ether oxygens (including phenoxy) is 1. The van der Waals surface area contributed by atoms with Crippen LogP contribution in [0.4, 0.5) is 11.8 Å². The first-order valence-corrected chi connectivity index (χ1v) is 11.2. The summed E-state index contributed by atoms with van der Waals surface area (Å²) in [6.45, 7) is 5.11. The van der Waals surface area contributed by atoms with Crippen LogP contribution < -0.4 is 9.80 Å². The minimum Gasteiger partial charge on any atom is -0.378 e. The average molecular weight is 404 g/mol. The van der Waals surface area contributed by atoms with Crippen molar-refractivity contribution in [3.8, 4) is 0 Å². The lowest BCUT2D eigenvalue weighted by atomic mass is 10.2. The molecule has 9 heteroatoms. The van der Waals surface area contributed by atoms with E-state index in [9.17, 15) is 8.42 Å². The van der Waals surface area contributed by atoms with Crippen molar-refractivity contribution in [2.24, 2.45) is 0 Å². The van der Waals surface area contributed by atoms with Gasteiger partial charge in [0.05, 0.1) is 19.0 Å². The van der Waals surface area contributed by atoms with Gasteiger partial charge in [0.2, 0.25) is 16.0 Å². The van der Waals surface area contributed by atoms with E-state index in [-0.39, 0.29) is 5.75 Å². The van der Waals surface area contributed by atoms with Crippen LogP contribution in [0.5, 0.6) is 0 Å². The van der Waals surface area contributed by atoms with Gasteiger partial charge in [0.25, 0.3) is 0 Å². The molecule has 2 aliphatic rings. The summed E-state index contributed by atoms with van der Waals surface area (Å²) < 4.78 is 32.4. The van der Waals surface area contributed by atoms with E-state index in [1.165, 1.54) is 0 Å². The second kappa shape index (κ2) is 8.42. The van der Waals surface area contributed by atoms with Gasteiger partial charge in [-0.3, -0.25) is 0 Å². The third-order valence-electron chi connectivity index (χ3n) is 5.07. The molecule has 0 atom stereocenters. The molecule has 2 aromatic rings. The Morgan fingerprint density at radius 3 is 2.32 bits per heavy atom. The maximum absolute atomic E-state index is 12.7. The van der Waals surface area contributed by atoms with Crippen molar-refractivity contribution >= 4 is 21.8 Å². The van der Waals surface area contributed by atoms with Crippen LogP contribution in [0.1, 0.15) is 5.56 Å². The lowest BCUT2D eigenvalue weighted by molar-refractivity contribution is 0.122. The van der Waals surface area contributed by atoms with Crippen molar-refractivity contribution < 1.29 is 13.2 Å². The van der Waals surface area contributed by atoms with E-state index in [0.717, 1.165) is 24.5 Å². The van der Waals surface area contributed by atoms with E-state index in [0.29, 0.717) is 45.3 Å². The topological polar surface area (TPSA) is 78.9 Å². The molecule has 2 aliphatic heterocycles. The van der Waals surface area contributed by atoms with E-state index in [2.05, 4.69) is 14.8 Å². The summed E-state index contributed by atoms with van der Waals surface area (Å²) in [6.07, 6.45) is 1.77. The molecular weight excluding hydrogens is 378 g/mol. The predicted octanol–water partition coefficient (Wildman–Crippen LogP) is 0.965. The number of anilines is 2. The number of benzene rings is 1. The average Bonchev–Trinajstić information content (AvgIpc) is 2.75. The smallest absolute Gasteiger partial charge is 0.227 e. The summed E-state index contributed by atoms with van der Waals surface area (Å²) in [5.41, 5.74) is 0.816. The first-order chi connectivity index (χ1) is 13.6. The largest absolute Gasteiger partial charge is 0.378 e. The van der Waals surface area contributed by atoms with Crippen LogP contribution in [-0.2, 0) is 20.5 Å². The molecular formula is C19H25N5O3S. The Labute approximate surface area is 165 Å². The lowest BCUT2D eigenvalue weighted by Gasteiger charge is -2.35. The van der Waals surface area contributed by atoms with E-state index in [1.807, 2.05) is 36.4 Å². The zero-order valence-corrected chi connectivity index (χ0v) is 16.6. The molecule has 1 aromatic carbocycles. The zero-order chi connectivity index (χ0) is 19.4. The van der Waals surface area contributed by atoms with Crippen molar-refractivity contribution in [1.82, 2.24) is 14.3 Å². The Hall–Kier alpha value is -2.23. The van der Waals surface area contributed by atoms with Gasteiger partial charge in [-0.25, -0.2) is 13.4 Å². The van der Waals surface area contributed by atoms with E-state index < -0.39 is 10.0 Å². The standard InChI is InChI=1S/C19H25N5O3S/c25-28(26,16-17-4-2-1-3-5-17)24-10-8-22(9-11-24)18-6-7-20-19(21-18)23-12-14-27-15-13-23/h1-7H,8-16H2. The maximum atomic E-state index is 12.7. The van der Waals surface area contributed by atoms with E-state index in [1.54, 1.807) is 10.5 Å². The Morgan fingerprint density at radius 1 is 0.893 bits per heavy atom. The Bertz CT molecular complexity index is 879. The highest BCUT2D eigenvalue weighted by Crippen LogP contribution is 2.20. The molecule has 2 fully saturated rings. The van der Waals surface area contributed by atoms with Crippen LogP contribution in [-0.4, -0.2) is 75.2 Å². The van der Waals surface area contributed by atoms with Gasteiger partial charge in [0.15, 0.2) is 0 Å². The van der Waals surface area contributed by atoms with Crippen molar-refractivity contribution in [3.05, 3.63) is 48.2 Å². The summed E-state index contributed by atoms with van der Waals surface area (Å²) >= 11 is 0. The fourth-order valence-corrected chi connectivity index (χ4v) is 5.02. The molecule has 1 aromatic heterocycles. The SMILES string of the molecule is O=S(=O)(Cc1ccccc1)N1CCN(c2ccnc(N3CCOCC3)n2)CC1. The quantitative estimate of drug-likeness (QED) is 0.736. The molecule has 3 heterocycles. The van der Waals surface area contributed by atoms with Crippen LogP contribution in [0.15, 0.2) is 42.6 Å². The molecule has 0 radical (unpaired) electrons. The van der Waals surface area contributed by atoms with Crippen molar-refractivity contribution in [2.45, 2.75) is 5.75 Å². The highest BCUT2D eigenvalue weighted by molar-refractivity contribution is 7.88. The van der Waals surface area contributed by atoms with E-state index in [4.69, 9.17) is 9.72 Å². The van der Waals surface area contributed by atoms with Gasteiger partial charge < -0.3 is 14.5 Å². The third-order valence-corrected chi connectivity index (χ3v) is 6.92. The summed E-state index contributed by atoms with van der Waals surface area (Å²) in [5, 5.41) is 0. The van der Waals surface area contributed by atoms with Crippen LogP contribution in [0.3, 0.4) is 0 Å². The van der Waals surface area contributed by atoms with Crippen LogP contribution in [0, 0.1) is 0 Å². The van der Waals surface area contributed by atoms with Crippen molar-refractivity contribution in [2.75, 3.05) is 62.3 Å². The maximum Gasteiger partial charge on any atom is 0.227 e. The summed E-state index contributed by atoms with van der Waals surface area (Å²) in [5.74, 6) is 1.60. The van der Waals surface area contributed by atoms with Gasteiger partial charge in [-0.1, -0.05) is 30.3 Å². The molecule has 28 heavy (non-hydrogen) atoms. The monoisotopic (exact) mass is 403 g/mol. The summed E-state index contributed by atoms with van der Waals surface area (Å²) in [6, 6.07) is 11.2. The third kappa shape index (κ3) is 4.43. The Balaban J connectivity index is 1.39. The van der Waals surface area contributed by atoms with Crippen LogP contribution >= 0.6 is 0 Å². The van der Waals surface area contributed by atoms with E-state index >= 15 is 0 Å². The molecule has 0 spiro atoms. The highest BCUT2D eigenvalue weighted by Gasteiger charge is 2.28. The zero-order valence-electron chi connectivity index (χ0n) is 15.8. The summed E-state index contributed by atoms with van der Waals surface area (Å²) in [4.78, 5) is 13.3. The molecule has 4 rings (SSSR count). The number of nitrogens with zero attached hydrogens (tertiary/aromatic N) is 5. The van der Waals surface area contributed by atoms with Gasteiger partial charge in [-0.05, 0) is 11.6 Å². The fourth-order valence-electron chi connectivity index (χ4n) is 3.50. The molecule has 0 bridgehead atoms. The normalized spacial score (nSPS) is 19.0. The number of sulfonamides is 1. The fraction of sp³-hybridized carbons (Fsp3) is 0.474. The molecule has 0 unspecified atom stereocenters. The first-order valence-electron chi connectivity index (χ1n) is 9.54. The Morgan fingerprint density at radius 2 is 1.61 bits per heavy atom. The molecule has 150 valence electrons. The van der Waals surface area contributed by atoms with Gasteiger partial charge in [0, 0.05) is 45.5 Å². The van der Waals surface area contributed by atoms with Gasteiger partial charge in [-0.15, -0.1) is 0 Å². The first kappa shape index (κ1) is 19.1. The minimum absolute atomic E-state index is 0.0442. The van der Waals surface area contributed by atoms with Crippen LogP contribution in [0.2, 0.25) is 0 Å². The number of piperazine rings is 1.